The number of carbonyl (C=O) groups excluding carboxylic acids is 1. The maximum atomic E-state index is 13.7. The number of hydrogen-bond acceptors (Lipinski definition) is 10. The summed E-state index contributed by atoms with van der Waals surface area (Å²) < 4.78 is 1.51. The fourth-order valence-corrected chi connectivity index (χ4v) is 5.40. The van der Waals surface area contributed by atoms with Crippen LogP contribution in [-0.2, 0) is 4.79 Å². The lowest BCUT2D eigenvalue weighted by atomic mass is 10.1. The minimum absolute atomic E-state index is 0.0901. The van der Waals surface area contributed by atoms with Crippen LogP contribution in [0.5, 0.6) is 0 Å². The van der Waals surface area contributed by atoms with Gasteiger partial charge in [-0.25, -0.2) is 9.97 Å². The zero-order chi connectivity index (χ0) is 26.6. The molecular weight excluding hydrogens is 508 g/mol. The van der Waals surface area contributed by atoms with Crippen LogP contribution in [0.4, 0.5) is 23.0 Å². The van der Waals surface area contributed by atoms with Crippen molar-refractivity contribution in [2.24, 2.45) is 5.10 Å². The van der Waals surface area contributed by atoms with Crippen molar-refractivity contribution in [3.63, 3.8) is 0 Å². The van der Waals surface area contributed by atoms with Crippen LogP contribution >= 0.6 is 11.3 Å². The molecule has 4 heterocycles. The molecule has 5 aromatic rings. The lowest BCUT2D eigenvalue weighted by molar-refractivity contribution is -0.384. The summed E-state index contributed by atoms with van der Waals surface area (Å²) >= 11 is 1.22. The Labute approximate surface area is 218 Å². The highest BCUT2D eigenvalue weighted by Gasteiger charge is 2.29. The average Bonchev–Trinajstić information content (AvgIpc) is 3.28. The number of amides is 1. The molecule has 13 heteroatoms. The molecule has 2 aromatic carbocycles. The van der Waals surface area contributed by atoms with Crippen molar-refractivity contribution in [3.8, 4) is 0 Å². The van der Waals surface area contributed by atoms with Crippen LogP contribution in [-0.4, -0.2) is 31.3 Å². The summed E-state index contributed by atoms with van der Waals surface area (Å²) in [5, 5.41) is 20.4. The van der Waals surface area contributed by atoms with Crippen molar-refractivity contribution >= 4 is 66.5 Å². The Hall–Kier alpha value is -5.17. The lowest BCUT2D eigenvalue weighted by Crippen LogP contribution is -2.46. The van der Waals surface area contributed by atoms with Crippen LogP contribution in [0, 0.1) is 24.0 Å². The summed E-state index contributed by atoms with van der Waals surface area (Å²) in [6, 6.07) is 16.3. The molecule has 0 unspecified atom stereocenters. The minimum Gasteiger partial charge on any atom is -0.319 e. The molecule has 0 bridgehead atoms. The third-order valence-corrected chi connectivity index (χ3v) is 6.99. The molecule has 38 heavy (non-hydrogen) atoms. The van der Waals surface area contributed by atoms with Crippen LogP contribution in [0.3, 0.4) is 0 Å². The number of amidine groups is 1. The predicted octanol–water partition coefficient (Wildman–Crippen LogP) is 4.18. The van der Waals surface area contributed by atoms with Crippen molar-refractivity contribution in [2.45, 2.75) is 13.8 Å². The Kier molecular flexibility index (Phi) is 5.35. The van der Waals surface area contributed by atoms with Gasteiger partial charge in [0.25, 0.3) is 23.1 Å². The SMILES string of the molecule is Cc1cc(C)c2c(n1)sc1c(=O)n3c(nc12)N(c1ccc([N+](=O)[O-])cc1)N=C(C(=O)Nc1ccccc1)N3. The molecule has 0 aliphatic carbocycles. The Bertz CT molecular complexity index is 1860. The van der Waals surface area contributed by atoms with E-state index in [0.717, 1.165) is 21.3 Å². The number of thiophene rings is 1. The Balaban J connectivity index is 1.54. The number of hydrogen-bond donors (Lipinski definition) is 2. The van der Waals surface area contributed by atoms with Gasteiger partial charge in [0.2, 0.25) is 5.84 Å². The van der Waals surface area contributed by atoms with Crippen molar-refractivity contribution in [1.82, 2.24) is 14.6 Å². The fraction of sp³-hybridized carbons (Fsp3) is 0.0800. The van der Waals surface area contributed by atoms with E-state index in [1.165, 1.54) is 40.6 Å². The quantitative estimate of drug-likeness (QED) is 0.262. The number of aromatic nitrogens is 3. The smallest absolute Gasteiger partial charge is 0.294 e. The van der Waals surface area contributed by atoms with Crippen molar-refractivity contribution in [1.29, 1.82) is 0 Å². The second-order valence-corrected chi connectivity index (χ2v) is 9.56. The second-order valence-electron chi connectivity index (χ2n) is 8.56. The number of carbonyl (C=O) groups is 1. The summed E-state index contributed by atoms with van der Waals surface area (Å²) in [7, 11) is 0. The van der Waals surface area contributed by atoms with Crippen molar-refractivity contribution < 1.29 is 9.72 Å². The van der Waals surface area contributed by atoms with Crippen LogP contribution in [0.15, 0.2) is 70.6 Å². The number of non-ortho nitro benzene ring substituents is 1. The number of para-hydroxylation sites is 1. The molecule has 188 valence electrons. The molecule has 0 saturated heterocycles. The van der Waals surface area contributed by atoms with E-state index in [1.54, 1.807) is 24.3 Å². The molecule has 0 fully saturated rings. The summed E-state index contributed by atoms with van der Waals surface area (Å²) in [5.41, 5.74) is 5.36. The number of hydrazone groups is 1. The van der Waals surface area contributed by atoms with E-state index in [1.807, 2.05) is 26.0 Å². The van der Waals surface area contributed by atoms with Crippen LogP contribution in [0.1, 0.15) is 11.3 Å². The maximum Gasteiger partial charge on any atom is 0.294 e. The number of fused-ring (bicyclic) bond motifs is 4. The van der Waals surface area contributed by atoms with Gasteiger partial charge in [-0.05, 0) is 49.7 Å². The minimum atomic E-state index is -0.592. The van der Waals surface area contributed by atoms with Gasteiger partial charge in [-0.2, -0.15) is 9.69 Å². The molecule has 0 spiro atoms. The number of anilines is 3. The van der Waals surface area contributed by atoms with Gasteiger partial charge in [0, 0.05) is 28.9 Å². The number of aryl methyl sites for hydroxylation is 2. The molecule has 0 saturated carbocycles. The highest BCUT2D eigenvalue weighted by molar-refractivity contribution is 7.25. The molecule has 3 aromatic heterocycles. The van der Waals surface area contributed by atoms with Gasteiger partial charge in [-0.3, -0.25) is 25.1 Å². The van der Waals surface area contributed by atoms with E-state index in [9.17, 15) is 19.7 Å². The monoisotopic (exact) mass is 526 g/mol. The Morgan fingerprint density at radius 1 is 1.08 bits per heavy atom. The molecule has 1 aliphatic heterocycles. The van der Waals surface area contributed by atoms with Gasteiger partial charge in [0.1, 0.15) is 15.0 Å². The summed E-state index contributed by atoms with van der Waals surface area (Å²) in [6.45, 7) is 3.81. The average molecular weight is 527 g/mol. The highest BCUT2D eigenvalue weighted by Crippen LogP contribution is 2.35. The largest absolute Gasteiger partial charge is 0.319 e. The zero-order valence-corrected chi connectivity index (χ0v) is 20.8. The van der Waals surface area contributed by atoms with Crippen molar-refractivity contribution in [3.05, 3.63) is 92.4 Å². The van der Waals surface area contributed by atoms with Gasteiger partial charge >= 0.3 is 0 Å². The first-order chi connectivity index (χ1) is 18.3. The number of benzene rings is 2. The second kappa shape index (κ2) is 8.74. The number of pyridine rings is 1. The van der Waals surface area contributed by atoms with Gasteiger partial charge in [-0.15, -0.1) is 16.4 Å². The molecule has 2 N–H and O–H groups in total. The molecule has 6 rings (SSSR count). The predicted molar refractivity (Wildman–Crippen MR) is 146 cm³/mol. The van der Waals surface area contributed by atoms with E-state index >= 15 is 0 Å². The third-order valence-electron chi connectivity index (χ3n) is 5.93. The Morgan fingerprint density at radius 3 is 2.53 bits per heavy atom. The number of nitrogens with zero attached hydrogens (tertiary/aromatic N) is 6. The topological polar surface area (TPSA) is 148 Å². The standard InChI is InChI=1S/C25H18N8O4S/c1-13-12-14(2)26-23-18(13)19-20(38-23)24(35)32-25(28-19)31(16-8-10-17(11-9-16)33(36)37)29-21(30-32)22(34)27-15-6-4-3-5-7-15/h3-12H,1-2H3,(H,27,34)(H,29,30). The van der Waals surface area contributed by atoms with Crippen molar-refractivity contribution in [2.75, 3.05) is 15.8 Å². The molecule has 1 amide bonds. The van der Waals surface area contributed by atoms with E-state index in [4.69, 9.17) is 4.98 Å². The third kappa shape index (κ3) is 3.81. The number of rotatable bonds is 4. The van der Waals surface area contributed by atoms with Gasteiger partial charge in [0.05, 0.1) is 10.6 Å². The zero-order valence-electron chi connectivity index (χ0n) is 20.0. The van der Waals surface area contributed by atoms with E-state index in [0.29, 0.717) is 26.4 Å². The summed E-state index contributed by atoms with van der Waals surface area (Å²) in [6.07, 6.45) is 0. The summed E-state index contributed by atoms with van der Waals surface area (Å²) in [5.74, 6) is -0.674. The van der Waals surface area contributed by atoms with E-state index in [2.05, 4.69) is 20.8 Å². The first-order valence-electron chi connectivity index (χ1n) is 11.4. The number of nitrogens with one attached hydrogen (secondary N) is 2. The normalized spacial score (nSPS) is 12.7. The van der Waals surface area contributed by atoms with Gasteiger partial charge < -0.3 is 5.32 Å². The van der Waals surface area contributed by atoms with Crippen LogP contribution < -0.4 is 21.3 Å². The fourth-order valence-electron chi connectivity index (χ4n) is 4.23. The van der Waals surface area contributed by atoms with Gasteiger partial charge in [-0.1, -0.05) is 18.2 Å². The molecule has 0 radical (unpaired) electrons. The highest BCUT2D eigenvalue weighted by atomic mass is 32.1. The van der Waals surface area contributed by atoms with Crippen LogP contribution in [0.2, 0.25) is 0 Å². The molecule has 1 aliphatic rings. The molecule has 0 atom stereocenters. The first kappa shape index (κ1) is 23.2. The van der Waals surface area contributed by atoms with Gasteiger partial charge in [0.15, 0.2) is 0 Å². The lowest BCUT2D eigenvalue weighted by Gasteiger charge is -2.27. The molecule has 12 nitrogen and oxygen atoms in total. The van der Waals surface area contributed by atoms with Crippen LogP contribution in [0.25, 0.3) is 20.4 Å². The maximum absolute atomic E-state index is 13.7. The van der Waals surface area contributed by atoms with E-state index < -0.39 is 16.4 Å². The molecular formula is C25H18N8O4S. The summed E-state index contributed by atoms with van der Waals surface area (Å²) in [4.78, 5) is 47.5. The number of nitro benzene ring substituents is 1. The first-order valence-corrected chi connectivity index (χ1v) is 12.2. The number of nitro groups is 1. The Morgan fingerprint density at radius 2 is 1.82 bits per heavy atom. The van der Waals surface area contributed by atoms with E-state index in [-0.39, 0.29) is 17.5 Å².